The predicted octanol–water partition coefficient (Wildman–Crippen LogP) is 7.98. The van der Waals surface area contributed by atoms with Crippen LogP contribution in [0.1, 0.15) is 16.8 Å². The third kappa shape index (κ3) is 5.86. The van der Waals surface area contributed by atoms with Crippen molar-refractivity contribution in [3.63, 3.8) is 0 Å². The van der Waals surface area contributed by atoms with E-state index in [1.54, 1.807) is 28.4 Å². The summed E-state index contributed by atoms with van der Waals surface area (Å²) in [5.41, 5.74) is 8.20. The molecule has 6 heteroatoms. The highest BCUT2D eigenvalue weighted by Crippen LogP contribution is 2.42. The molecule has 0 aliphatic rings. The highest BCUT2D eigenvalue weighted by molar-refractivity contribution is 6.04. The van der Waals surface area contributed by atoms with Gasteiger partial charge in [-0.05, 0) is 78.1 Å². The average molecular weight is 583 g/mol. The van der Waals surface area contributed by atoms with E-state index in [4.69, 9.17) is 18.9 Å². The fourth-order valence-corrected chi connectivity index (χ4v) is 5.43. The first-order valence-corrected chi connectivity index (χ1v) is 14.4. The molecule has 0 unspecified atom stereocenters. The number of aryl methyl sites for hydroxylation is 2. The minimum Gasteiger partial charge on any atom is -0.497 e. The molecule has 0 atom stereocenters. The summed E-state index contributed by atoms with van der Waals surface area (Å²) in [6, 6.07) is 30.3. The molecule has 0 saturated heterocycles. The van der Waals surface area contributed by atoms with Gasteiger partial charge in [0.15, 0.2) is 0 Å². The second-order valence-corrected chi connectivity index (χ2v) is 10.4. The van der Waals surface area contributed by atoms with Gasteiger partial charge in [-0.25, -0.2) is 0 Å². The van der Waals surface area contributed by atoms with Gasteiger partial charge in [-0.1, -0.05) is 42.3 Å². The van der Waals surface area contributed by atoms with Crippen molar-refractivity contribution >= 4 is 10.9 Å². The molecule has 6 rings (SSSR count). The van der Waals surface area contributed by atoms with Crippen molar-refractivity contribution in [1.82, 2.24) is 9.55 Å². The molecule has 1 N–H and O–H groups in total. The molecule has 0 saturated carbocycles. The summed E-state index contributed by atoms with van der Waals surface area (Å²) in [4.78, 5) is 3.59. The number of nitrogens with zero attached hydrogens (tertiary/aromatic N) is 1. The molecule has 0 spiro atoms. The molecule has 6 nitrogen and oxygen atoms in total. The van der Waals surface area contributed by atoms with Crippen molar-refractivity contribution in [2.45, 2.75) is 13.0 Å². The SMILES string of the molecule is COc1ccc(C#Cc2[nH]c3c(OC)cccc3c2-c2cn(CCc3ccc(OC)cc3)cc2-c2ccc(OC)cc2)cc1. The zero-order chi connectivity index (χ0) is 30.5. The lowest BCUT2D eigenvalue weighted by Gasteiger charge is -2.07. The second-order valence-electron chi connectivity index (χ2n) is 10.4. The van der Waals surface area contributed by atoms with E-state index in [0.717, 1.165) is 80.4 Å². The van der Waals surface area contributed by atoms with Crippen LogP contribution >= 0.6 is 0 Å². The van der Waals surface area contributed by atoms with Crippen molar-refractivity contribution in [2.75, 3.05) is 28.4 Å². The number of hydrogen-bond acceptors (Lipinski definition) is 4. The van der Waals surface area contributed by atoms with E-state index in [2.05, 4.69) is 64.1 Å². The molecular formula is C38H34N2O4. The first-order chi connectivity index (χ1) is 21.6. The third-order valence-corrected chi connectivity index (χ3v) is 7.81. The average Bonchev–Trinajstić information content (AvgIpc) is 3.68. The molecule has 0 aliphatic heterocycles. The van der Waals surface area contributed by atoms with Gasteiger partial charge in [0, 0.05) is 46.6 Å². The van der Waals surface area contributed by atoms with Crippen molar-refractivity contribution in [3.8, 4) is 57.1 Å². The van der Waals surface area contributed by atoms with Crippen LogP contribution < -0.4 is 18.9 Å². The zero-order valence-corrected chi connectivity index (χ0v) is 25.3. The van der Waals surface area contributed by atoms with Gasteiger partial charge in [0.2, 0.25) is 0 Å². The zero-order valence-electron chi connectivity index (χ0n) is 25.3. The van der Waals surface area contributed by atoms with Crippen LogP contribution in [0, 0.1) is 11.8 Å². The quantitative estimate of drug-likeness (QED) is 0.176. The number of para-hydroxylation sites is 1. The lowest BCUT2D eigenvalue weighted by Crippen LogP contribution is -1.98. The topological polar surface area (TPSA) is 57.6 Å². The van der Waals surface area contributed by atoms with Gasteiger partial charge >= 0.3 is 0 Å². The molecular weight excluding hydrogens is 548 g/mol. The lowest BCUT2D eigenvalue weighted by molar-refractivity contribution is 0.414. The number of rotatable bonds is 9. The molecule has 0 radical (unpaired) electrons. The van der Waals surface area contributed by atoms with Gasteiger partial charge in [0.25, 0.3) is 0 Å². The van der Waals surface area contributed by atoms with Gasteiger partial charge < -0.3 is 28.5 Å². The maximum Gasteiger partial charge on any atom is 0.142 e. The van der Waals surface area contributed by atoms with E-state index >= 15 is 0 Å². The fraction of sp³-hybridized carbons (Fsp3) is 0.158. The Balaban J connectivity index is 1.48. The van der Waals surface area contributed by atoms with Gasteiger partial charge in [-0.2, -0.15) is 0 Å². The molecule has 2 heterocycles. The lowest BCUT2D eigenvalue weighted by atomic mass is 9.96. The summed E-state index contributed by atoms with van der Waals surface area (Å²) in [7, 11) is 6.72. The van der Waals surface area contributed by atoms with Crippen LogP contribution in [0.3, 0.4) is 0 Å². The maximum absolute atomic E-state index is 5.75. The van der Waals surface area contributed by atoms with Crippen LogP contribution in [0.2, 0.25) is 0 Å². The van der Waals surface area contributed by atoms with Crippen LogP contribution in [0.25, 0.3) is 33.2 Å². The van der Waals surface area contributed by atoms with E-state index in [1.165, 1.54) is 5.56 Å². The molecule has 0 amide bonds. The van der Waals surface area contributed by atoms with Crippen molar-refractivity contribution in [2.24, 2.45) is 0 Å². The summed E-state index contributed by atoms with van der Waals surface area (Å²) < 4.78 is 24.1. The number of ether oxygens (including phenoxy) is 4. The van der Waals surface area contributed by atoms with Gasteiger partial charge in [0.1, 0.15) is 23.0 Å². The van der Waals surface area contributed by atoms with Crippen LogP contribution in [0.5, 0.6) is 23.0 Å². The predicted molar refractivity (Wildman–Crippen MR) is 176 cm³/mol. The highest BCUT2D eigenvalue weighted by atomic mass is 16.5. The Morgan fingerprint density at radius 1 is 0.636 bits per heavy atom. The molecule has 220 valence electrons. The Kier molecular flexibility index (Phi) is 8.29. The molecule has 6 aromatic rings. The van der Waals surface area contributed by atoms with Crippen molar-refractivity contribution < 1.29 is 18.9 Å². The number of H-pyrrole nitrogens is 1. The molecule has 2 aromatic heterocycles. The first-order valence-electron chi connectivity index (χ1n) is 14.4. The number of hydrogen-bond donors (Lipinski definition) is 1. The maximum atomic E-state index is 5.75. The molecule has 0 fully saturated rings. The molecule has 4 aromatic carbocycles. The third-order valence-electron chi connectivity index (χ3n) is 7.81. The van der Waals surface area contributed by atoms with Gasteiger partial charge in [0.05, 0.1) is 39.6 Å². The summed E-state index contributed by atoms with van der Waals surface area (Å²) >= 11 is 0. The highest BCUT2D eigenvalue weighted by Gasteiger charge is 2.20. The Labute approximate surface area is 257 Å². The van der Waals surface area contributed by atoms with Crippen LogP contribution in [-0.4, -0.2) is 38.0 Å². The summed E-state index contributed by atoms with van der Waals surface area (Å²) in [6.07, 6.45) is 5.33. The number of fused-ring (bicyclic) bond motifs is 1. The van der Waals surface area contributed by atoms with Crippen LogP contribution in [0.4, 0.5) is 0 Å². The molecule has 0 aliphatic carbocycles. The molecule has 44 heavy (non-hydrogen) atoms. The Bertz CT molecular complexity index is 1940. The fourth-order valence-electron chi connectivity index (χ4n) is 5.43. The Morgan fingerprint density at radius 2 is 1.25 bits per heavy atom. The van der Waals surface area contributed by atoms with Crippen molar-refractivity contribution in [3.05, 3.63) is 120 Å². The van der Waals surface area contributed by atoms with E-state index in [-0.39, 0.29) is 0 Å². The van der Waals surface area contributed by atoms with E-state index in [1.807, 2.05) is 60.7 Å². The Hall–Kier alpha value is -5.54. The second kappa shape index (κ2) is 12.8. The van der Waals surface area contributed by atoms with E-state index < -0.39 is 0 Å². The monoisotopic (exact) mass is 582 g/mol. The largest absolute Gasteiger partial charge is 0.497 e. The summed E-state index contributed by atoms with van der Waals surface area (Å²) in [6.45, 7) is 0.814. The smallest absolute Gasteiger partial charge is 0.142 e. The summed E-state index contributed by atoms with van der Waals surface area (Å²) in [5, 5.41) is 1.05. The number of aromatic nitrogens is 2. The van der Waals surface area contributed by atoms with Gasteiger partial charge in [-0.15, -0.1) is 0 Å². The Morgan fingerprint density at radius 3 is 1.89 bits per heavy atom. The van der Waals surface area contributed by atoms with E-state index in [0.29, 0.717) is 0 Å². The molecule has 0 bridgehead atoms. The van der Waals surface area contributed by atoms with Crippen LogP contribution in [0.15, 0.2) is 103 Å². The van der Waals surface area contributed by atoms with Crippen LogP contribution in [-0.2, 0) is 13.0 Å². The van der Waals surface area contributed by atoms with E-state index in [9.17, 15) is 0 Å². The number of benzene rings is 4. The standard InChI is InChI=1S/C38H34N2O4/c1-41-29-15-8-26(9-16-29)12-21-35-37(32-6-5-7-36(44-4)38(32)39-35)34-25-40(23-22-27-10-17-30(42-2)18-11-27)24-33(34)28-13-19-31(43-3)20-14-28/h5-11,13-20,24-25,39H,22-23H2,1-4H3. The minimum absolute atomic E-state index is 0.770. The number of nitrogens with one attached hydrogen (secondary N) is 1. The van der Waals surface area contributed by atoms with Gasteiger partial charge in [-0.3, -0.25) is 0 Å². The minimum atomic E-state index is 0.770. The van der Waals surface area contributed by atoms with Crippen molar-refractivity contribution in [1.29, 1.82) is 0 Å². The first kappa shape index (κ1) is 28.6. The number of methoxy groups -OCH3 is 4. The summed E-state index contributed by atoms with van der Waals surface area (Å²) in [5.74, 6) is 10.0. The number of aromatic amines is 1. The normalized spacial score (nSPS) is 10.7.